The third-order valence-electron chi connectivity index (χ3n) is 2.70. The van der Waals surface area contributed by atoms with Gasteiger partial charge in [0.05, 0.1) is 11.9 Å². The molecule has 19 heavy (non-hydrogen) atoms. The van der Waals surface area contributed by atoms with Crippen LogP contribution in [0.2, 0.25) is 0 Å². The first-order valence-corrected chi connectivity index (χ1v) is 6.77. The standard InChI is InChI=1S/C13H15N3O2S/c1-8-5-11(9(2)19-8)12(17)3-4-13(18)16-10-6-14-15-7-10/h5-7H,3-4H2,1-2H3,(H,14,15)(H,16,18). The lowest BCUT2D eigenvalue weighted by Crippen LogP contribution is -2.13. The summed E-state index contributed by atoms with van der Waals surface area (Å²) in [6, 6.07) is 1.89. The van der Waals surface area contributed by atoms with E-state index in [4.69, 9.17) is 0 Å². The second kappa shape index (κ2) is 5.79. The number of aryl methyl sites for hydroxylation is 2. The van der Waals surface area contributed by atoms with Crippen molar-refractivity contribution < 1.29 is 9.59 Å². The van der Waals surface area contributed by atoms with Crippen molar-refractivity contribution in [1.29, 1.82) is 0 Å². The van der Waals surface area contributed by atoms with Gasteiger partial charge >= 0.3 is 0 Å². The Hall–Kier alpha value is -1.95. The van der Waals surface area contributed by atoms with Crippen molar-refractivity contribution in [2.24, 2.45) is 0 Å². The van der Waals surface area contributed by atoms with E-state index in [2.05, 4.69) is 15.5 Å². The normalized spacial score (nSPS) is 10.4. The van der Waals surface area contributed by atoms with Crippen LogP contribution in [0.1, 0.15) is 33.0 Å². The Labute approximate surface area is 115 Å². The van der Waals surface area contributed by atoms with Crippen molar-refractivity contribution in [1.82, 2.24) is 10.2 Å². The molecule has 0 radical (unpaired) electrons. The first-order valence-electron chi connectivity index (χ1n) is 5.95. The minimum Gasteiger partial charge on any atom is -0.323 e. The molecule has 0 aromatic carbocycles. The minimum absolute atomic E-state index is 0.0178. The van der Waals surface area contributed by atoms with Gasteiger partial charge in [0, 0.05) is 34.4 Å². The molecular formula is C13H15N3O2S. The number of H-pyrrole nitrogens is 1. The number of Topliss-reactive ketones (excluding diaryl/α,β-unsaturated/α-hetero) is 1. The largest absolute Gasteiger partial charge is 0.323 e. The van der Waals surface area contributed by atoms with Gasteiger partial charge < -0.3 is 5.32 Å². The average molecular weight is 277 g/mol. The van der Waals surface area contributed by atoms with Gasteiger partial charge in [-0.15, -0.1) is 11.3 Å². The molecular weight excluding hydrogens is 262 g/mol. The summed E-state index contributed by atoms with van der Waals surface area (Å²) in [7, 11) is 0. The smallest absolute Gasteiger partial charge is 0.224 e. The molecule has 0 unspecified atom stereocenters. The molecule has 6 heteroatoms. The van der Waals surface area contributed by atoms with Crippen LogP contribution >= 0.6 is 11.3 Å². The molecule has 0 saturated carbocycles. The first kappa shape index (κ1) is 13.5. The summed E-state index contributed by atoms with van der Waals surface area (Å²) in [5, 5.41) is 9.00. The molecule has 0 aliphatic carbocycles. The van der Waals surface area contributed by atoms with E-state index in [1.807, 2.05) is 19.9 Å². The maximum Gasteiger partial charge on any atom is 0.224 e. The molecule has 0 aliphatic rings. The molecule has 1 amide bonds. The van der Waals surface area contributed by atoms with E-state index in [9.17, 15) is 9.59 Å². The quantitative estimate of drug-likeness (QED) is 0.825. The van der Waals surface area contributed by atoms with Gasteiger partial charge in [0.25, 0.3) is 0 Å². The summed E-state index contributed by atoms with van der Waals surface area (Å²) in [5.41, 5.74) is 1.35. The van der Waals surface area contributed by atoms with Crippen LogP contribution in [0.5, 0.6) is 0 Å². The number of carbonyl (C=O) groups excluding carboxylic acids is 2. The van der Waals surface area contributed by atoms with Gasteiger partial charge in [-0.2, -0.15) is 5.10 Å². The number of carbonyl (C=O) groups is 2. The molecule has 5 nitrogen and oxygen atoms in total. The number of hydrogen-bond donors (Lipinski definition) is 2. The topological polar surface area (TPSA) is 74.8 Å². The summed E-state index contributed by atoms with van der Waals surface area (Å²) < 4.78 is 0. The number of anilines is 1. The molecule has 0 spiro atoms. The van der Waals surface area contributed by atoms with E-state index < -0.39 is 0 Å². The van der Waals surface area contributed by atoms with E-state index in [0.29, 0.717) is 5.69 Å². The van der Waals surface area contributed by atoms with E-state index in [0.717, 1.165) is 15.3 Å². The number of ketones is 1. The van der Waals surface area contributed by atoms with Gasteiger partial charge in [0.15, 0.2) is 5.78 Å². The lowest BCUT2D eigenvalue weighted by Gasteiger charge is -2.02. The molecule has 0 aliphatic heterocycles. The zero-order chi connectivity index (χ0) is 13.8. The Kier molecular flexibility index (Phi) is 4.11. The van der Waals surface area contributed by atoms with E-state index in [-0.39, 0.29) is 24.5 Å². The van der Waals surface area contributed by atoms with E-state index in [1.165, 1.54) is 6.20 Å². The van der Waals surface area contributed by atoms with Crippen LogP contribution in [-0.4, -0.2) is 21.9 Å². The maximum absolute atomic E-state index is 12.0. The minimum atomic E-state index is -0.181. The van der Waals surface area contributed by atoms with Gasteiger partial charge in [-0.3, -0.25) is 14.7 Å². The third-order valence-corrected chi connectivity index (χ3v) is 3.67. The Bertz CT molecular complexity index is 587. The predicted octanol–water partition coefficient (Wildman–Crippen LogP) is 2.69. The van der Waals surface area contributed by atoms with Crippen molar-refractivity contribution in [2.45, 2.75) is 26.7 Å². The van der Waals surface area contributed by atoms with Crippen molar-refractivity contribution in [3.8, 4) is 0 Å². The lowest BCUT2D eigenvalue weighted by atomic mass is 10.1. The number of nitrogens with one attached hydrogen (secondary N) is 2. The number of aromatic nitrogens is 2. The van der Waals surface area contributed by atoms with Gasteiger partial charge in [0.2, 0.25) is 5.91 Å². The highest BCUT2D eigenvalue weighted by Gasteiger charge is 2.13. The van der Waals surface area contributed by atoms with E-state index >= 15 is 0 Å². The van der Waals surface area contributed by atoms with Crippen molar-refractivity contribution in [2.75, 3.05) is 5.32 Å². The van der Waals surface area contributed by atoms with Crippen LogP contribution in [0.25, 0.3) is 0 Å². The fraction of sp³-hybridized carbons (Fsp3) is 0.308. The fourth-order valence-electron chi connectivity index (χ4n) is 1.81. The molecule has 2 N–H and O–H groups in total. The number of hydrogen-bond acceptors (Lipinski definition) is 4. The molecule has 100 valence electrons. The molecule has 2 aromatic heterocycles. The van der Waals surface area contributed by atoms with Crippen LogP contribution in [0.15, 0.2) is 18.5 Å². The third kappa shape index (κ3) is 3.51. The predicted molar refractivity (Wildman–Crippen MR) is 74.6 cm³/mol. The number of aromatic amines is 1. The van der Waals surface area contributed by atoms with Crippen LogP contribution in [0.3, 0.4) is 0 Å². The Balaban J connectivity index is 1.87. The zero-order valence-corrected chi connectivity index (χ0v) is 11.6. The number of nitrogens with zero attached hydrogens (tertiary/aromatic N) is 1. The highest BCUT2D eigenvalue weighted by molar-refractivity contribution is 7.12. The van der Waals surface area contributed by atoms with Gasteiger partial charge in [-0.05, 0) is 19.9 Å². The van der Waals surface area contributed by atoms with Gasteiger partial charge in [0.1, 0.15) is 0 Å². The molecule has 2 heterocycles. The summed E-state index contributed by atoms with van der Waals surface area (Å²) in [6.07, 6.45) is 3.51. The second-order valence-electron chi connectivity index (χ2n) is 4.29. The summed E-state index contributed by atoms with van der Waals surface area (Å²) in [5.74, 6) is -0.163. The highest BCUT2D eigenvalue weighted by atomic mass is 32.1. The number of rotatable bonds is 5. The second-order valence-corrected chi connectivity index (χ2v) is 5.75. The SMILES string of the molecule is Cc1cc(C(=O)CCC(=O)Nc2cn[nH]c2)c(C)s1. The van der Waals surface area contributed by atoms with Crippen LogP contribution in [0.4, 0.5) is 5.69 Å². The van der Waals surface area contributed by atoms with Crippen molar-refractivity contribution in [3.05, 3.63) is 33.8 Å². The Morgan fingerprint density at radius 2 is 2.16 bits per heavy atom. The zero-order valence-electron chi connectivity index (χ0n) is 10.8. The fourth-order valence-corrected chi connectivity index (χ4v) is 2.75. The molecule has 2 rings (SSSR count). The van der Waals surface area contributed by atoms with Crippen LogP contribution in [0, 0.1) is 13.8 Å². The summed E-state index contributed by atoms with van der Waals surface area (Å²) >= 11 is 1.60. The van der Waals surface area contributed by atoms with Gasteiger partial charge in [-0.25, -0.2) is 0 Å². The van der Waals surface area contributed by atoms with Crippen LogP contribution < -0.4 is 5.32 Å². The number of amides is 1. The lowest BCUT2D eigenvalue weighted by molar-refractivity contribution is -0.116. The summed E-state index contributed by atoms with van der Waals surface area (Å²) in [6.45, 7) is 3.90. The number of thiophene rings is 1. The van der Waals surface area contributed by atoms with Crippen molar-refractivity contribution in [3.63, 3.8) is 0 Å². The molecule has 0 bridgehead atoms. The van der Waals surface area contributed by atoms with Gasteiger partial charge in [-0.1, -0.05) is 0 Å². The molecule has 0 saturated heterocycles. The van der Waals surface area contributed by atoms with Crippen LogP contribution in [-0.2, 0) is 4.79 Å². The molecule has 2 aromatic rings. The van der Waals surface area contributed by atoms with E-state index in [1.54, 1.807) is 17.5 Å². The molecule has 0 atom stereocenters. The maximum atomic E-state index is 12.0. The Morgan fingerprint density at radius 1 is 1.37 bits per heavy atom. The van der Waals surface area contributed by atoms with Crippen molar-refractivity contribution >= 4 is 28.7 Å². The average Bonchev–Trinajstić information content (AvgIpc) is 2.96. The molecule has 0 fully saturated rings. The highest BCUT2D eigenvalue weighted by Crippen LogP contribution is 2.22. The Morgan fingerprint density at radius 3 is 2.74 bits per heavy atom. The monoisotopic (exact) mass is 277 g/mol. The summed E-state index contributed by atoms with van der Waals surface area (Å²) in [4.78, 5) is 25.8. The first-order chi connectivity index (χ1) is 9.06.